The standard InChI is InChI=1S/C14H16N6O/c21-14(11-9-15-5-6-16-11)18-10-12-17-4-3-13(19-12)20-7-1-2-8-20/h3-6,9H,1-2,7-8,10H2,(H,18,21). The summed E-state index contributed by atoms with van der Waals surface area (Å²) in [6.45, 7) is 2.34. The molecule has 0 aromatic carbocycles. The summed E-state index contributed by atoms with van der Waals surface area (Å²) in [6.07, 6.45) is 8.56. The van der Waals surface area contributed by atoms with Gasteiger partial charge in [-0.1, -0.05) is 0 Å². The zero-order valence-electron chi connectivity index (χ0n) is 11.6. The molecule has 3 heterocycles. The zero-order chi connectivity index (χ0) is 14.5. The Balaban J connectivity index is 1.63. The molecule has 7 nitrogen and oxygen atoms in total. The van der Waals surface area contributed by atoms with Gasteiger partial charge in [0.05, 0.1) is 12.7 Å². The van der Waals surface area contributed by atoms with Crippen LogP contribution in [-0.2, 0) is 6.54 Å². The van der Waals surface area contributed by atoms with E-state index >= 15 is 0 Å². The lowest BCUT2D eigenvalue weighted by Crippen LogP contribution is -2.26. The van der Waals surface area contributed by atoms with Crippen LogP contribution in [0.3, 0.4) is 0 Å². The van der Waals surface area contributed by atoms with E-state index in [1.807, 2.05) is 6.07 Å². The topological polar surface area (TPSA) is 83.9 Å². The second-order valence-electron chi connectivity index (χ2n) is 4.80. The molecule has 0 saturated carbocycles. The zero-order valence-corrected chi connectivity index (χ0v) is 11.6. The minimum atomic E-state index is -0.279. The highest BCUT2D eigenvalue weighted by Crippen LogP contribution is 2.16. The SMILES string of the molecule is O=C(NCc1nccc(N2CCCC2)n1)c1cnccn1. The molecule has 0 unspecified atom stereocenters. The van der Waals surface area contributed by atoms with E-state index in [1.165, 1.54) is 31.4 Å². The van der Waals surface area contributed by atoms with Crippen LogP contribution >= 0.6 is 0 Å². The minimum absolute atomic E-state index is 0.275. The van der Waals surface area contributed by atoms with Crippen LogP contribution in [0.25, 0.3) is 0 Å². The number of hydrogen-bond acceptors (Lipinski definition) is 6. The third-order valence-electron chi connectivity index (χ3n) is 3.32. The van der Waals surface area contributed by atoms with Crippen LogP contribution in [0.2, 0.25) is 0 Å². The molecular formula is C14H16N6O. The van der Waals surface area contributed by atoms with Crippen molar-refractivity contribution in [1.82, 2.24) is 25.3 Å². The molecule has 1 aliphatic heterocycles. The lowest BCUT2D eigenvalue weighted by atomic mass is 10.4. The van der Waals surface area contributed by atoms with E-state index in [-0.39, 0.29) is 18.1 Å². The van der Waals surface area contributed by atoms with Crippen molar-refractivity contribution in [2.24, 2.45) is 0 Å². The van der Waals surface area contributed by atoms with Crippen LogP contribution in [0, 0.1) is 0 Å². The molecule has 0 atom stereocenters. The Morgan fingerprint density at radius 2 is 2.05 bits per heavy atom. The maximum atomic E-state index is 11.9. The second kappa shape index (κ2) is 6.25. The van der Waals surface area contributed by atoms with Crippen LogP contribution in [0.15, 0.2) is 30.9 Å². The van der Waals surface area contributed by atoms with E-state index < -0.39 is 0 Å². The van der Waals surface area contributed by atoms with Gasteiger partial charge in [0.1, 0.15) is 17.3 Å². The van der Waals surface area contributed by atoms with Gasteiger partial charge >= 0.3 is 0 Å². The van der Waals surface area contributed by atoms with Gasteiger partial charge in [-0.25, -0.2) is 15.0 Å². The summed E-state index contributed by atoms with van der Waals surface area (Å²) in [5, 5.41) is 2.75. The fourth-order valence-electron chi connectivity index (χ4n) is 2.26. The first-order chi connectivity index (χ1) is 10.3. The van der Waals surface area contributed by atoms with Crippen LogP contribution in [-0.4, -0.2) is 38.9 Å². The van der Waals surface area contributed by atoms with Crippen LogP contribution in [0.1, 0.15) is 29.2 Å². The number of carbonyl (C=O) groups excluding carboxylic acids is 1. The molecule has 1 aliphatic rings. The van der Waals surface area contributed by atoms with Crippen molar-refractivity contribution in [3.63, 3.8) is 0 Å². The number of aromatic nitrogens is 4. The number of amides is 1. The number of nitrogens with one attached hydrogen (secondary N) is 1. The summed E-state index contributed by atoms with van der Waals surface area (Å²) in [6, 6.07) is 1.90. The number of hydrogen-bond donors (Lipinski definition) is 1. The van der Waals surface area contributed by atoms with E-state index in [0.29, 0.717) is 5.82 Å². The lowest BCUT2D eigenvalue weighted by molar-refractivity contribution is 0.0944. The van der Waals surface area contributed by atoms with Gasteiger partial charge in [0, 0.05) is 31.7 Å². The minimum Gasteiger partial charge on any atom is -0.357 e. The molecule has 1 amide bonds. The summed E-state index contributed by atoms with van der Waals surface area (Å²) in [4.78, 5) is 30.6. The molecule has 3 rings (SSSR count). The maximum Gasteiger partial charge on any atom is 0.271 e. The van der Waals surface area contributed by atoms with Gasteiger partial charge in [-0.2, -0.15) is 0 Å². The van der Waals surface area contributed by atoms with Crippen molar-refractivity contribution in [2.45, 2.75) is 19.4 Å². The highest BCUT2D eigenvalue weighted by Gasteiger charge is 2.14. The predicted molar refractivity (Wildman–Crippen MR) is 76.7 cm³/mol. The lowest BCUT2D eigenvalue weighted by Gasteiger charge is -2.16. The van der Waals surface area contributed by atoms with Gasteiger partial charge in [-0.3, -0.25) is 9.78 Å². The van der Waals surface area contributed by atoms with Gasteiger partial charge in [0.25, 0.3) is 5.91 Å². The van der Waals surface area contributed by atoms with Gasteiger partial charge < -0.3 is 10.2 Å². The third kappa shape index (κ3) is 3.31. The van der Waals surface area contributed by atoms with Crippen molar-refractivity contribution in [3.05, 3.63) is 42.4 Å². The fraction of sp³-hybridized carbons (Fsp3) is 0.357. The molecule has 2 aromatic heterocycles. The number of rotatable bonds is 4. The Morgan fingerprint density at radius 1 is 1.19 bits per heavy atom. The van der Waals surface area contributed by atoms with Crippen molar-refractivity contribution in [3.8, 4) is 0 Å². The quantitative estimate of drug-likeness (QED) is 0.894. The molecule has 1 N–H and O–H groups in total. The Morgan fingerprint density at radius 3 is 2.81 bits per heavy atom. The molecule has 1 saturated heterocycles. The highest BCUT2D eigenvalue weighted by atomic mass is 16.1. The summed E-state index contributed by atoms with van der Waals surface area (Å²) in [5.74, 6) is 1.24. The molecule has 0 spiro atoms. The predicted octanol–water partition coefficient (Wildman–Crippen LogP) is 0.797. The Hall–Kier alpha value is -2.57. The van der Waals surface area contributed by atoms with E-state index in [4.69, 9.17) is 0 Å². The largest absolute Gasteiger partial charge is 0.357 e. The summed E-state index contributed by atoms with van der Waals surface area (Å²) in [5.41, 5.74) is 0.285. The average Bonchev–Trinajstić information content (AvgIpc) is 3.08. The molecule has 0 bridgehead atoms. The van der Waals surface area contributed by atoms with E-state index in [1.54, 1.807) is 6.20 Å². The van der Waals surface area contributed by atoms with Crippen molar-refractivity contribution >= 4 is 11.7 Å². The van der Waals surface area contributed by atoms with Crippen molar-refractivity contribution < 1.29 is 4.79 Å². The highest BCUT2D eigenvalue weighted by molar-refractivity contribution is 5.91. The van der Waals surface area contributed by atoms with Gasteiger partial charge in [-0.05, 0) is 18.9 Å². The monoisotopic (exact) mass is 284 g/mol. The van der Waals surface area contributed by atoms with Crippen LogP contribution in [0.4, 0.5) is 5.82 Å². The Labute approximate surface area is 122 Å². The smallest absolute Gasteiger partial charge is 0.271 e. The summed E-state index contributed by atoms with van der Waals surface area (Å²) < 4.78 is 0. The van der Waals surface area contributed by atoms with Gasteiger partial charge in [-0.15, -0.1) is 0 Å². The van der Waals surface area contributed by atoms with Gasteiger partial charge in [0.15, 0.2) is 0 Å². The van der Waals surface area contributed by atoms with E-state index in [0.717, 1.165) is 18.9 Å². The number of carbonyl (C=O) groups is 1. The molecule has 0 radical (unpaired) electrons. The first-order valence-corrected chi connectivity index (χ1v) is 6.94. The van der Waals surface area contributed by atoms with E-state index in [9.17, 15) is 4.79 Å². The number of anilines is 1. The molecular weight excluding hydrogens is 268 g/mol. The number of nitrogens with zero attached hydrogens (tertiary/aromatic N) is 5. The van der Waals surface area contributed by atoms with Crippen molar-refractivity contribution in [1.29, 1.82) is 0 Å². The van der Waals surface area contributed by atoms with Crippen molar-refractivity contribution in [2.75, 3.05) is 18.0 Å². The summed E-state index contributed by atoms with van der Waals surface area (Å²) in [7, 11) is 0. The Bertz CT molecular complexity index is 612. The Kier molecular flexibility index (Phi) is 3.99. The molecule has 108 valence electrons. The average molecular weight is 284 g/mol. The molecule has 21 heavy (non-hydrogen) atoms. The van der Waals surface area contributed by atoms with E-state index in [2.05, 4.69) is 30.2 Å². The second-order valence-corrected chi connectivity index (χ2v) is 4.80. The van der Waals surface area contributed by atoms with Gasteiger partial charge in [0.2, 0.25) is 0 Å². The maximum absolute atomic E-state index is 11.9. The first kappa shape index (κ1) is 13.4. The molecule has 7 heteroatoms. The summed E-state index contributed by atoms with van der Waals surface area (Å²) >= 11 is 0. The van der Waals surface area contributed by atoms with Crippen LogP contribution < -0.4 is 10.2 Å². The molecule has 0 aliphatic carbocycles. The molecule has 1 fully saturated rings. The first-order valence-electron chi connectivity index (χ1n) is 6.94. The normalized spacial score (nSPS) is 14.2. The third-order valence-corrected chi connectivity index (χ3v) is 3.32. The fourth-order valence-corrected chi connectivity index (χ4v) is 2.26. The van der Waals surface area contributed by atoms with Crippen LogP contribution in [0.5, 0.6) is 0 Å². The molecule has 2 aromatic rings.